The Labute approximate surface area is 49.1 Å². The molecule has 8 heavy (non-hydrogen) atoms. The van der Waals surface area contributed by atoms with Gasteiger partial charge >= 0.3 is 0 Å². The standard InChI is InChI=1S/C6H10O2/c1-3-6-4-7-5(2)8-6/h6H,2-4H2,1H3. The largest absolute Gasteiger partial charge is 0.462 e. The van der Waals surface area contributed by atoms with Gasteiger partial charge in [-0.2, -0.15) is 0 Å². The van der Waals surface area contributed by atoms with E-state index in [-0.39, 0.29) is 6.10 Å². The van der Waals surface area contributed by atoms with Crippen molar-refractivity contribution in [1.29, 1.82) is 0 Å². The Morgan fingerprint density at radius 2 is 2.62 bits per heavy atom. The summed E-state index contributed by atoms with van der Waals surface area (Å²) in [4.78, 5) is 0. The lowest BCUT2D eigenvalue weighted by Gasteiger charge is -1.99. The molecule has 1 rings (SSSR count). The number of hydrogen-bond donors (Lipinski definition) is 0. The number of rotatable bonds is 1. The van der Waals surface area contributed by atoms with Gasteiger partial charge in [0.2, 0.25) is 0 Å². The summed E-state index contributed by atoms with van der Waals surface area (Å²) >= 11 is 0. The normalized spacial score (nSPS) is 27.1. The van der Waals surface area contributed by atoms with E-state index in [0.717, 1.165) is 6.42 Å². The Hall–Kier alpha value is -0.660. The Bertz CT molecular complexity index is 98.7. The quantitative estimate of drug-likeness (QED) is 0.511. The third-order valence-corrected chi connectivity index (χ3v) is 1.18. The molecule has 0 saturated carbocycles. The fraction of sp³-hybridized carbons (Fsp3) is 0.667. The zero-order valence-electron chi connectivity index (χ0n) is 5.02. The van der Waals surface area contributed by atoms with Gasteiger partial charge in [0.05, 0.1) is 0 Å². The van der Waals surface area contributed by atoms with E-state index in [1.807, 2.05) is 0 Å². The van der Waals surface area contributed by atoms with Crippen molar-refractivity contribution in [1.82, 2.24) is 0 Å². The summed E-state index contributed by atoms with van der Waals surface area (Å²) in [6.45, 7) is 6.25. The minimum absolute atomic E-state index is 0.252. The van der Waals surface area contributed by atoms with Crippen LogP contribution in [-0.4, -0.2) is 12.7 Å². The van der Waals surface area contributed by atoms with E-state index >= 15 is 0 Å². The smallest absolute Gasteiger partial charge is 0.272 e. The summed E-state index contributed by atoms with van der Waals surface area (Å²) in [5.41, 5.74) is 0. The maximum absolute atomic E-state index is 5.09. The lowest BCUT2D eigenvalue weighted by Crippen LogP contribution is -2.05. The highest BCUT2D eigenvalue weighted by Crippen LogP contribution is 2.14. The van der Waals surface area contributed by atoms with Crippen LogP contribution in [0.3, 0.4) is 0 Å². The zero-order chi connectivity index (χ0) is 5.98. The molecule has 2 nitrogen and oxygen atoms in total. The minimum Gasteiger partial charge on any atom is -0.462 e. The second kappa shape index (κ2) is 2.07. The molecule has 0 aliphatic carbocycles. The van der Waals surface area contributed by atoms with Crippen LogP contribution in [-0.2, 0) is 9.47 Å². The Balaban J connectivity index is 2.32. The molecule has 0 N–H and O–H groups in total. The van der Waals surface area contributed by atoms with Crippen molar-refractivity contribution in [3.8, 4) is 0 Å². The fourth-order valence-electron chi connectivity index (χ4n) is 0.641. The topological polar surface area (TPSA) is 18.5 Å². The maximum Gasteiger partial charge on any atom is 0.272 e. The summed E-state index contributed by atoms with van der Waals surface area (Å²) in [6, 6.07) is 0. The Morgan fingerprint density at radius 1 is 1.88 bits per heavy atom. The third-order valence-electron chi connectivity index (χ3n) is 1.18. The molecular formula is C6H10O2. The van der Waals surface area contributed by atoms with E-state index in [4.69, 9.17) is 9.47 Å². The van der Waals surface area contributed by atoms with Gasteiger partial charge < -0.3 is 9.47 Å². The van der Waals surface area contributed by atoms with Crippen molar-refractivity contribution >= 4 is 0 Å². The van der Waals surface area contributed by atoms with Gasteiger partial charge in [-0.15, -0.1) is 0 Å². The van der Waals surface area contributed by atoms with Crippen LogP contribution < -0.4 is 0 Å². The summed E-state index contributed by atoms with van der Waals surface area (Å²) < 4.78 is 10.0. The summed E-state index contributed by atoms with van der Waals surface area (Å²) in [7, 11) is 0. The molecule has 1 heterocycles. The number of hydrogen-bond acceptors (Lipinski definition) is 2. The van der Waals surface area contributed by atoms with E-state index in [9.17, 15) is 0 Å². The molecule has 1 fully saturated rings. The monoisotopic (exact) mass is 114 g/mol. The molecular weight excluding hydrogens is 104 g/mol. The lowest BCUT2D eigenvalue weighted by molar-refractivity contribution is 0.142. The van der Waals surface area contributed by atoms with Crippen molar-refractivity contribution in [2.45, 2.75) is 19.4 Å². The summed E-state index contributed by atoms with van der Waals surface area (Å²) in [5, 5.41) is 0. The number of ether oxygens (including phenoxy) is 2. The Morgan fingerprint density at radius 3 is 2.88 bits per heavy atom. The average molecular weight is 114 g/mol. The predicted molar refractivity (Wildman–Crippen MR) is 30.3 cm³/mol. The molecule has 1 aliphatic heterocycles. The highest BCUT2D eigenvalue weighted by Gasteiger charge is 2.17. The molecule has 0 bridgehead atoms. The van der Waals surface area contributed by atoms with Gasteiger partial charge in [-0.3, -0.25) is 0 Å². The van der Waals surface area contributed by atoms with E-state index in [0.29, 0.717) is 12.6 Å². The van der Waals surface area contributed by atoms with Gasteiger partial charge in [0, 0.05) is 0 Å². The molecule has 1 aliphatic rings. The molecule has 0 amide bonds. The molecule has 1 unspecified atom stereocenters. The van der Waals surface area contributed by atoms with Crippen LogP contribution in [0.25, 0.3) is 0 Å². The molecule has 0 radical (unpaired) electrons. The molecule has 1 saturated heterocycles. The van der Waals surface area contributed by atoms with Crippen molar-refractivity contribution in [2.24, 2.45) is 0 Å². The van der Waals surface area contributed by atoms with E-state index in [1.54, 1.807) is 0 Å². The molecule has 0 aromatic heterocycles. The average Bonchev–Trinajstić information content (AvgIpc) is 2.14. The fourth-order valence-corrected chi connectivity index (χ4v) is 0.641. The molecule has 1 atom stereocenters. The summed E-state index contributed by atoms with van der Waals surface area (Å²) in [6.07, 6.45) is 1.25. The van der Waals surface area contributed by atoms with E-state index in [2.05, 4.69) is 13.5 Å². The SMILES string of the molecule is C=C1OCC(CC)O1. The Kier molecular flexibility index (Phi) is 1.42. The maximum atomic E-state index is 5.09. The van der Waals surface area contributed by atoms with Crippen molar-refractivity contribution < 1.29 is 9.47 Å². The first-order chi connectivity index (χ1) is 3.83. The van der Waals surface area contributed by atoms with Crippen LogP contribution in [0.1, 0.15) is 13.3 Å². The molecule has 2 heteroatoms. The van der Waals surface area contributed by atoms with Crippen LogP contribution in [0.5, 0.6) is 0 Å². The van der Waals surface area contributed by atoms with Gasteiger partial charge in [-0.05, 0) is 13.0 Å². The van der Waals surface area contributed by atoms with Crippen molar-refractivity contribution in [2.75, 3.05) is 6.61 Å². The third kappa shape index (κ3) is 0.941. The first kappa shape index (κ1) is 5.48. The minimum atomic E-state index is 0.252. The first-order valence-electron chi connectivity index (χ1n) is 2.81. The zero-order valence-corrected chi connectivity index (χ0v) is 5.02. The van der Waals surface area contributed by atoms with E-state index < -0.39 is 0 Å². The summed E-state index contributed by atoms with van der Waals surface area (Å²) in [5.74, 6) is 0.469. The van der Waals surface area contributed by atoms with Gasteiger partial charge in [0.1, 0.15) is 12.7 Å². The van der Waals surface area contributed by atoms with Gasteiger partial charge in [0.25, 0.3) is 5.95 Å². The molecule has 46 valence electrons. The van der Waals surface area contributed by atoms with Gasteiger partial charge in [-0.25, -0.2) is 0 Å². The molecule has 0 spiro atoms. The van der Waals surface area contributed by atoms with Crippen LogP contribution in [0.4, 0.5) is 0 Å². The van der Waals surface area contributed by atoms with Crippen LogP contribution in [0.2, 0.25) is 0 Å². The molecule has 0 aromatic rings. The van der Waals surface area contributed by atoms with Crippen LogP contribution in [0, 0.1) is 0 Å². The highest BCUT2D eigenvalue weighted by molar-refractivity contribution is 4.78. The van der Waals surface area contributed by atoms with Crippen LogP contribution in [0.15, 0.2) is 12.5 Å². The van der Waals surface area contributed by atoms with Gasteiger partial charge in [0.15, 0.2) is 0 Å². The second-order valence-corrected chi connectivity index (χ2v) is 1.83. The first-order valence-corrected chi connectivity index (χ1v) is 2.81. The van der Waals surface area contributed by atoms with Crippen molar-refractivity contribution in [3.63, 3.8) is 0 Å². The van der Waals surface area contributed by atoms with Crippen molar-refractivity contribution in [3.05, 3.63) is 12.5 Å². The van der Waals surface area contributed by atoms with Crippen LogP contribution >= 0.6 is 0 Å². The molecule has 0 aromatic carbocycles. The second-order valence-electron chi connectivity index (χ2n) is 1.83. The van der Waals surface area contributed by atoms with Gasteiger partial charge in [-0.1, -0.05) is 6.92 Å². The predicted octanol–water partition coefficient (Wildman–Crippen LogP) is 1.28. The lowest BCUT2D eigenvalue weighted by atomic mass is 10.3. The highest BCUT2D eigenvalue weighted by atomic mass is 16.7. The van der Waals surface area contributed by atoms with E-state index in [1.165, 1.54) is 0 Å².